The van der Waals surface area contributed by atoms with Crippen LogP contribution in [-0.2, 0) is 10.2 Å². The van der Waals surface area contributed by atoms with Crippen molar-refractivity contribution in [2.24, 2.45) is 5.92 Å². The number of nitrogens with zero attached hydrogens (tertiary/aromatic N) is 2. The number of ketones is 1. The fraction of sp³-hybridized carbons (Fsp3) is 0.750. The largest absolute Gasteiger partial charge is 0.339 e. The van der Waals surface area contributed by atoms with Crippen LogP contribution in [0.2, 0.25) is 0 Å². The minimum absolute atomic E-state index is 0.0686. The summed E-state index contributed by atoms with van der Waals surface area (Å²) in [4.78, 5) is 15.8. The van der Waals surface area contributed by atoms with Crippen LogP contribution >= 0.6 is 0 Å². The van der Waals surface area contributed by atoms with Crippen LogP contribution in [-0.4, -0.2) is 15.9 Å². The van der Waals surface area contributed by atoms with Gasteiger partial charge in [0.15, 0.2) is 5.82 Å². The van der Waals surface area contributed by atoms with Crippen molar-refractivity contribution in [3.63, 3.8) is 0 Å². The van der Waals surface area contributed by atoms with Gasteiger partial charge in [-0.1, -0.05) is 39.8 Å². The minimum atomic E-state index is -0.288. The van der Waals surface area contributed by atoms with Crippen molar-refractivity contribution in [3.05, 3.63) is 11.7 Å². The molecule has 0 radical (unpaired) electrons. The molecule has 0 aliphatic rings. The molecule has 0 bridgehead atoms. The molecule has 0 fully saturated rings. The van der Waals surface area contributed by atoms with E-state index in [1.165, 1.54) is 0 Å². The molecular formula is C12H20N2O2. The van der Waals surface area contributed by atoms with Crippen molar-refractivity contribution in [3.8, 4) is 0 Å². The fourth-order valence-electron chi connectivity index (χ4n) is 1.59. The molecule has 1 atom stereocenters. The Kier molecular flexibility index (Phi) is 3.51. The fourth-order valence-corrected chi connectivity index (χ4v) is 1.59. The third-order valence-electron chi connectivity index (χ3n) is 2.48. The first-order valence-electron chi connectivity index (χ1n) is 5.58. The van der Waals surface area contributed by atoms with Gasteiger partial charge in [0, 0.05) is 5.41 Å². The predicted octanol–water partition coefficient (Wildman–Crippen LogP) is 2.70. The lowest BCUT2D eigenvalue weighted by Crippen LogP contribution is -2.17. The quantitative estimate of drug-likeness (QED) is 0.792. The van der Waals surface area contributed by atoms with Crippen LogP contribution in [0.5, 0.6) is 0 Å². The van der Waals surface area contributed by atoms with E-state index >= 15 is 0 Å². The number of hydrogen-bond acceptors (Lipinski definition) is 4. The van der Waals surface area contributed by atoms with Crippen LogP contribution < -0.4 is 0 Å². The summed E-state index contributed by atoms with van der Waals surface area (Å²) >= 11 is 0. The van der Waals surface area contributed by atoms with Gasteiger partial charge in [-0.2, -0.15) is 4.98 Å². The lowest BCUT2D eigenvalue weighted by Gasteiger charge is -2.13. The Hall–Kier alpha value is -1.19. The third kappa shape index (κ3) is 2.68. The summed E-state index contributed by atoms with van der Waals surface area (Å²) in [6.07, 6.45) is 0. The summed E-state index contributed by atoms with van der Waals surface area (Å²) in [7, 11) is 0. The van der Waals surface area contributed by atoms with E-state index in [1.54, 1.807) is 6.92 Å². The molecule has 4 heteroatoms. The molecule has 0 saturated heterocycles. The lowest BCUT2D eigenvalue weighted by molar-refractivity contribution is -0.119. The molecular weight excluding hydrogens is 204 g/mol. The third-order valence-corrected chi connectivity index (χ3v) is 2.48. The molecule has 1 heterocycles. The topological polar surface area (TPSA) is 56.0 Å². The number of rotatable bonds is 3. The zero-order valence-electron chi connectivity index (χ0n) is 10.9. The zero-order valence-corrected chi connectivity index (χ0v) is 10.9. The van der Waals surface area contributed by atoms with Crippen molar-refractivity contribution in [1.82, 2.24) is 10.1 Å². The van der Waals surface area contributed by atoms with E-state index in [0.717, 1.165) is 0 Å². The van der Waals surface area contributed by atoms with Gasteiger partial charge in [0.05, 0.1) is 5.92 Å². The molecule has 4 nitrogen and oxygen atoms in total. The minimum Gasteiger partial charge on any atom is -0.339 e. The van der Waals surface area contributed by atoms with E-state index < -0.39 is 0 Å². The van der Waals surface area contributed by atoms with Crippen molar-refractivity contribution < 1.29 is 9.32 Å². The number of aromatic nitrogens is 2. The second-order valence-corrected chi connectivity index (χ2v) is 5.54. The molecule has 1 unspecified atom stereocenters. The molecule has 1 aromatic heterocycles. The van der Waals surface area contributed by atoms with Crippen LogP contribution in [0.25, 0.3) is 0 Å². The van der Waals surface area contributed by atoms with Gasteiger partial charge in [-0.05, 0) is 12.8 Å². The van der Waals surface area contributed by atoms with Gasteiger partial charge in [-0.3, -0.25) is 4.79 Å². The molecule has 0 aliphatic heterocycles. The molecule has 0 saturated carbocycles. The normalized spacial score (nSPS) is 14.2. The molecule has 0 aliphatic carbocycles. The van der Waals surface area contributed by atoms with Gasteiger partial charge in [0.2, 0.25) is 5.89 Å². The lowest BCUT2D eigenvalue weighted by atomic mass is 9.92. The van der Waals surface area contributed by atoms with Crippen molar-refractivity contribution in [1.29, 1.82) is 0 Å². The summed E-state index contributed by atoms with van der Waals surface area (Å²) in [5.41, 5.74) is -0.153. The maximum Gasteiger partial charge on any atom is 0.237 e. The highest BCUT2D eigenvalue weighted by atomic mass is 16.5. The number of carbonyl (C=O) groups excluding carboxylic acids is 1. The highest BCUT2D eigenvalue weighted by Gasteiger charge is 2.29. The molecule has 0 spiro atoms. The van der Waals surface area contributed by atoms with Crippen LogP contribution in [0.1, 0.15) is 59.2 Å². The van der Waals surface area contributed by atoms with E-state index in [0.29, 0.717) is 11.7 Å². The zero-order chi connectivity index (χ0) is 12.5. The Bertz CT molecular complexity index is 375. The van der Waals surface area contributed by atoms with Gasteiger partial charge in [0.25, 0.3) is 0 Å². The summed E-state index contributed by atoms with van der Waals surface area (Å²) in [5, 5.41) is 3.93. The van der Waals surface area contributed by atoms with E-state index in [2.05, 4.69) is 10.1 Å². The number of carbonyl (C=O) groups is 1. The van der Waals surface area contributed by atoms with E-state index in [9.17, 15) is 4.79 Å². The van der Waals surface area contributed by atoms with Crippen LogP contribution in [0, 0.1) is 5.92 Å². The number of Topliss-reactive ketones (excluding diaryl/α,β-unsaturated/α-hetero) is 1. The van der Waals surface area contributed by atoms with Gasteiger partial charge < -0.3 is 4.52 Å². The molecule has 0 amide bonds. The van der Waals surface area contributed by atoms with E-state index in [4.69, 9.17) is 4.52 Å². The molecule has 1 rings (SSSR count). The number of hydrogen-bond donors (Lipinski definition) is 0. The Balaban J connectivity index is 3.04. The molecule has 1 aromatic rings. The standard InChI is InChI=1S/C12H20N2O2/c1-7(2)9(8(3)15)10-13-11(14-16-10)12(4,5)6/h7,9H,1-6H3. The van der Waals surface area contributed by atoms with E-state index in [-0.39, 0.29) is 23.0 Å². The Morgan fingerprint density at radius 2 is 1.88 bits per heavy atom. The van der Waals surface area contributed by atoms with Crippen molar-refractivity contribution >= 4 is 5.78 Å². The second kappa shape index (κ2) is 4.36. The first-order chi connectivity index (χ1) is 7.23. The molecule has 16 heavy (non-hydrogen) atoms. The predicted molar refractivity (Wildman–Crippen MR) is 61.3 cm³/mol. The average molecular weight is 224 g/mol. The van der Waals surface area contributed by atoms with Crippen molar-refractivity contribution in [2.45, 2.75) is 52.9 Å². The van der Waals surface area contributed by atoms with Crippen LogP contribution in [0.3, 0.4) is 0 Å². The van der Waals surface area contributed by atoms with Crippen molar-refractivity contribution in [2.75, 3.05) is 0 Å². The Labute approximate surface area is 96.4 Å². The SMILES string of the molecule is CC(=O)C(c1nc(C(C)(C)C)no1)C(C)C. The monoisotopic (exact) mass is 224 g/mol. The summed E-state index contributed by atoms with van der Waals surface area (Å²) < 4.78 is 5.19. The maximum atomic E-state index is 11.5. The highest BCUT2D eigenvalue weighted by molar-refractivity contribution is 5.82. The first-order valence-corrected chi connectivity index (χ1v) is 5.58. The van der Waals surface area contributed by atoms with Gasteiger partial charge in [-0.15, -0.1) is 0 Å². The van der Waals surface area contributed by atoms with Crippen LogP contribution in [0.15, 0.2) is 4.52 Å². The second-order valence-electron chi connectivity index (χ2n) is 5.54. The van der Waals surface area contributed by atoms with Gasteiger partial charge in [0.1, 0.15) is 5.78 Å². The Morgan fingerprint density at radius 3 is 2.19 bits per heavy atom. The van der Waals surface area contributed by atoms with Gasteiger partial charge in [-0.25, -0.2) is 0 Å². The molecule has 0 aromatic carbocycles. The molecule has 90 valence electrons. The van der Waals surface area contributed by atoms with E-state index in [1.807, 2.05) is 34.6 Å². The molecule has 0 N–H and O–H groups in total. The summed E-state index contributed by atoms with van der Waals surface area (Å²) in [6, 6.07) is 0. The Morgan fingerprint density at radius 1 is 1.31 bits per heavy atom. The summed E-state index contributed by atoms with van der Waals surface area (Å²) in [5.74, 6) is 1.04. The van der Waals surface area contributed by atoms with Gasteiger partial charge >= 0.3 is 0 Å². The highest BCUT2D eigenvalue weighted by Crippen LogP contribution is 2.26. The van der Waals surface area contributed by atoms with Crippen LogP contribution in [0.4, 0.5) is 0 Å². The summed E-state index contributed by atoms with van der Waals surface area (Å²) in [6.45, 7) is 11.6. The average Bonchev–Trinajstić information content (AvgIpc) is 2.50. The first kappa shape index (κ1) is 12.9. The smallest absolute Gasteiger partial charge is 0.237 e. The maximum absolute atomic E-state index is 11.5.